The molecular weight excluding hydrogens is 761 g/mol. The Bertz CT molecular complexity index is 3380. The number of fused-ring (bicyclic) bond motifs is 6. The molecule has 1 atom stereocenters. The third kappa shape index (κ3) is 6.02. The van der Waals surface area contributed by atoms with Gasteiger partial charge in [-0.3, -0.25) is 0 Å². The summed E-state index contributed by atoms with van der Waals surface area (Å²) in [5, 5.41) is 2.48. The molecule has 2 heteroatoms. The van der Waals surface area contributed by atoms with Crippen molar-refractivity contribution >= 4 is 33.2 Å². The van der Waals surface area contributed by atoms with Crippen molar-refractivity contribution in [2.75, 3.05) is 4.90 Å². The summed E-state index contributed by atoms with van der Waals surface area (Å²) in [6.45, 7) is 0. The molecule has 63 heavy (non-hydrogen) atoms. The molecule has 0 fully saturated rings. The predicted molar refractivity (Wildman–Crippen MR) is 264 cm³/mol. The van der Waals surface area contributed by atoms with Crippen LogP contribution in [0.4, 0.5) is 11.4 Å². The maximum absolute atomic E-state index is 2.49. The molecule has 9 aromatic carbocycles. The van der Waals surface area contributed by atoms with Crippen LogP contribution in [0.25, 0.3) is 60.9 Å². The monoisotopic (exact) mass is 804 g/mol. The van der Waals surface area contributed by atoms with E-state index in [9.17, 15) is 0 Å². The molecule has 298 valence electrons. The Morgan fingerprint density at radius 2 is 1.00 bits per heavy atom. The van der Waals surface area contributed by atoms with Crippen molar-refractivity contribution in [3.05, 3.63) is 271 Å². The maximum atomic E-state index is 2.49. The van der Waals surface area contributed by atoms with Gasteiger partial charge in [-0.05, 0) is 117 Å². The Labute approximate surface area is 369 Å². The number of anilines is 2. The summed E-state index contributed by atoms with van der Waals surface area (Å²) in [5.74, 6) is 0. The number of nitrogens with zero attached hydrogens (tertiary/aromatic N) is 2. The van der Waals surface area contributed by atoms with E-state index in [0.717, 1.165) is 29.9 Å². The van der Waals surface area contributed by atoms with Crippen molar-refractivity contribution < 1.29 is 0 Å². The highest BCUT2D eigenvalue weighted by Crippen LogP contribution is 2.57. The highest BCUT2D eigenvalue weighted by Gasteiger charge is 2.46. The molecule has 0 N–H and O–H groups in total. The first-order valence-electron chi connectivity index (χ1n) is 22.1. The number of para-hydroxylation sites is 1. The van der Waals surface area contributed by atoms with Crippen LogP contribution in [0, 0.1) is 0 Å². The van der Waals surface area contributed by atoms with Gasteiger partial charge in [0, 0.05) is 33.5 Å². The summed E-state index contributed by atoms with van der Waals surface area (Å²) in [7, 11) is 0. The lowest BCUT2D eigenvalue weighted by atomic mass is 9.67. The normalized spacial score (nSPS) is 15.3. The first-order valence-corrected chi connectivity index (χ1v) is 22.1. The second-order valence-electron chi connectivity index (χ2n) is 16.7. The fourth-order valence-electron chi connectivity index (χ4n) is 10.5. The van der Waals surface area contributed by atoms with E-state index in [2.05, 4.69) is 252 Å². The van der Waals surface area contributed by atoms with Crippen molar-refractivity contribution in [1.82, 2.24) is 4.57 Å². The van der Waals surface area contributed by atoms with E-state index in [-0.39, 0.29) is 0 Å². The molecule has 0 bridgehead atoms. The molecule has 0 saturated carbocycles. The molecule has 0 radical (unpaired) electrons. The van der Waals surface area contributed by atoms with Gasteiger partial charge in [0.15, 0.2) is 0 Å². The number of hydrogen-bond donors (Lipinski definition) is 0. The highest BCUT2D eigenvalue weighted by molar-refractivity contribution is 6.10. The molecule has 1 unspecified atom stereocenters. The molecule has 0 spiro atoms. The predicted octanol–water partition coefficient (Wildman–Crippen LogP) is 15.9. The number of rotatable bonds is 8. The third-order valence-electron chi connectivity index (χ3n) is 13.3. The van der Waals surface area contributed by atoms with Crippen molar-refractivity contribution in [3.8, 4) is 39.1 Å². The van der Waals surface area contributed by atoms with Gasteiger partial charge in [0.2, 0.25) is 0 Å². The number of hydrogen-bond acceptors (Lipinski definition) is 1. The average molecular weight is 805 g/mol. The molecule has 2 nitrogen and oxygen atoms in total. The minimum absolute atomic E-state index is 0.541. The van der Waals surface area contributed by atoms with Crippen molar-refractivity contribution in [2.45, 2.75) is 18.3 Å². The summed E-state index contributed by atoms with van der Waals surface area (Å²) in [5.41, 5.74) is 18.9. The van der Waals surface area contributed by atoms with Crippen LogP contribution in [-0.4, -0.2) is 4.57 Å². The summed E-state index contributed by atoms with van der Waals surface area (Å²) >= 11 is 0. The Balaban J connectivity index is 1.07. The lowest BCUT2D eigenvalue weighted by Gasteiger charge is -2.35. The first-order chi connectivity index (χ1) is 31.3. The first kappa shape index (κ1) is 36.9. The van der Waals surface area contributed by atoms with Gasteiger partial charge >= 0.3 is 0 Å². The van der Waals surface area contributed by atoms with Gasteiger partial charge in [-0.15, -0.1) is 0 Å². The second-order valence-corrected chi connectivity index (χ2v) is 16.7. The molecule has 12 rings (SSSR count). The standard InChI is InChI=1S/C61H44N2/c1-5-18-43(19-6-1)45-32-34-48(35-33-45)61(47-23-9-3-10-24-47)57-30-15-13-28-53(57)54-38-36-51(41-58(54)61)62(49-25-11-4-12-26-49)52-37-39-56-55-29-14-16-31-59(55)63(60(56)42-52)50-27-17-22-46(40-50)44-20-7-2-8-21-44/h1-3,5-11,13-42H,4,12H2. The maximum Gasteiger partial charge on any atom is 0.0714 e. The van der Waals surface area contributed by atoms with Gasteiger partial charge in [0.25, 0.3) is 0 Å². The van der Waals surface area contributed by atoms with Crippen LogP contribution in [-0.2, 0) is 5.41 Å². The van der Waals surface area contributed by atoms with E-state index in [4.69, 9.17) is 0 Å². The topological polar surface area (TPSA) is 8.17 Å². The van der Waals surface area contributed by atoms with Gasteiger partial charge in [0.05, 0.1) is 16.4 Å². The molecule has 1 aromatic heterocycles. The van der Waals surface area contributed by atoms with Crippen LogP contribution in [0.15, 0.2) is 248 Å². The smallest absolute Gasteiger partial charge is 0.0714 e. The Hall–Kier alpha value is -7.94. The largest absolute Gasteiger partial charge is 0.311 e. The summed E-state index contributed by atoms with van der Waals surface area (Å²) in [6, 6.07) is 82.9. The number of aromatic nitrogens is 1. The lowest BCUT2D eigenvalue weighted by Crippen LogP contribution is -2.29. The van der Waals surface area contributed by atoms with Crippen LogP contribution in [0.5, 0.6) is 0 Å². The van der Waals surface area contributed by atoms with Crippen molar-refractivity contribution in [2.24, 2.45) is 0 Å². The summed E-state index contributed by atoms with van der Waals surface area (Å²) < 4.78 is 2.45. The van der Waals surface area contributed by atoms with Crippen LogP contribution in [0.1, 0.15) is 35.1 Å². The van der Waals surface area contributed by atoms with Crippen LogP contribution in [0.2, 0.25) is 0 Å². The quantitative estimate of drug-likeness (QED) is 0.149. The molecule has 0 saturated heterocycles. The zero-order valence-electron chi connectivity index (χ0n) is 34.9. The fourth-order valence-corrected chi connectivity index (χ4v) is 10.5. The van der Waals surface area contributed by atoms with Crippen LogP contribution in [0.3, 0.4) is 0 Å². The van der Waals surface area contributed by atoms with Gasteiger partial charge in [-0.25, -0.2) is 0 Å². The molecular formula is C61H44N2. The summed E-state index contributed by atoms with van der Waals surface area (Å²) in [6.07, 6.45) is 9.06. The molecule has 2 aliphatic carbocycles. The molecule has 1 heterocycles. The zero-order chi connectivity index (χ0) is 41.7. The lowest BCUT2D eigenvalue weighted by molar-refractivity contribution is 0.768. The number of benzene rings is 9. The minimum Gasteiger partial charge on any atom is -0.311 e. The molecule has 10 aromatic rings. The van der Waals surface area contributed by atoms with Gasteiger partial charge < -0.3 is 9.47 Å². The molecule has 2 aliphatic rings. The Morgan fingerprint density at radius 3 is 1.78 bits per heavy atom. The summed E-state index contributed by atoms with van der Waals surface area (Å²) in [4.78, 5) is 2.48. The van der Waals surface area contributed by atoms with Gasteiger partial charge in [0.1, 0.15) is 0 Å². The van der Waals surface area contributed by atoms with Crippen LogP contribution < -0.4 is 4.90 Å². The van der Waals surface area contributed by atoms with E-state index < -0.39 is 5.41 Å². The third-order valence-corrected chi connectivity index (χ3v) is 13.3. The zero-order valence-corrected chi connectivity index (χ0v) is 34.9. The van der Waals surface area contributed by atoms with E-state index >= 15 is 0 Å². The number of allylic oxidation sites excluding steroid dienone is 3. The Morgan fingerprint density at radius 1 is 0.397 bits per heavy atom. The Kier molecular flexibility index (Phi) is 8.90. The van der Waals surface area contributed by atoms with E-state index in [1.165, 1.54) is 83.1 Å². The van der Waals surface area contributed by atoms with Gasteiger partial charge in [-0.2, -0.15) is 0 Å². The van der Waals surface area contributed by atoms with E-state index in [0.29, 0.717) is 0 Å². The van der Waals surface area contributed by atoms with E-state index in [1.54, 1.807) is 0 Å². The minimum atomic E-state index is -0.541. The van der Waals surface area contributed by atoms with Crippen molar-refractivity contribution in [3.63, 3.8) is 0 Å². The van der Waals surface area contributed by atoms with E-state index in [1.807, 2.05) is 0 Å². The second kappa shape index (κ2) is 15.2. The highest BCUT2D eigenvalue weighted by atomic mass is 15.1. The molecule has 0 aliphatic heterocycles. The molecule has 0 amide bonds. The average Bonchev–Trinajstić information content (AvgIpc) is 3.85. The SMILES string of the molecule is C1=CC(N(c2ccc3c(c2)C(c2ccccc2)(c2ccc(-c4ccccc4)cc2)c2ccccc2-3)c2ccc3c4ccccc4n(-c4cccc(-c5ccccc5)c4)c3c2)=CCC1. The fraction of sp³-hybridized carbons (Fsp3) is 0.0492. The van der Waals surface area contributed by atoms with Crippen LogP contribution >= 0.6 is 0 Å². The van der Waals surface area contributed by atoms with Gasteiger partial charge in [-0.1, -0.05) is 194 Å². The van der Waals surface area contributed by atoms with Crippen molar-refractivity contribution in [1.29, 1.82) is 0 Å².